The highest BCUT2D eigenvalue weighted by atomic mass is 32.1. The third-order valence-corrected chi connectivity index (χ3v) is 1.75. The van der Waals surface area contributed by atoms with E-state index in [1.165, 1.54) is 11.3 Å². The van der Waals surface area contributed by atoms with Gasteiger partial charge < -0.3 is 25.9 Å². The number of rotatable bonds is 1. The van der Waals surface area contributed by atoms with Gasteiger partial charge in [-0.1, -0.05) is 0 Å². The number of carbonyl (C=O) groups is 5. The summed E-state index contributed by atoms with van der Waals surface area (Å²) in [5.74, 6) is -7.30. The number of aldehydes is 1. The molecule has 0 saturated heterocycles. The number of carboxylic acids is 4. The first-order valence-corrected chi connectivity index (χ1v) is 5.06. The van der Waals surface area contributed by atoms with Gasteiger partial charge in [-0.25, -0.2) is 19.2 Å². The molecule has 6 N–H and O–H groups in total. The van der Waals surface area contributed by atoms with Crippen LogP contribution in [0.1, 0.15) is 10.4 Å². The number of carbonyl (C=O) groups excluding carboxylic acids is 1. The maximum absolute atomic E-state index is 9.87. The van der Waals surface area contributed by atoms with Crippen LogP contribution in [0.5, 0.6) is 0 Å². The van der Waals surface area contributed by atoms with Crippen molar-refractivity contribution in [2.45, 2.75) is 0 Å². The minimum atomic E-state index is -1.82. The Hall–Kier alpha value is -2.79. The maximum atomic E-state index is 9.87. The summed E-state index contributed by atoms with van der Waals surface area (Å²) in [6, 6.07) is 1.79. The predicted molar refractivity (Wildman–Crippen MR) is 63.9 cm³/mol. The maximum Gasteiger partial charge on any atom is 0.414 e. The second-order valence-corrected chi connectivity index (χ2v) is 3.18. The molecule has 10 nitrogen and oxygen atoms in total. The van der Waals surface area contributed by atoms with Crippen molar-refractivity contribution in [2.75, 3.05) is 0 Å². The summed E-state index contributed by atoms with van der Waals surface area (Å²) >= 11 is 1.53. The molecule has 0 bridgehead atoms. The van der Waals surface area contributed by atoms with Crippen LogP contribution in [-0.2, 0) is 19.2 Å². The number of hydrogen-bond acceptors (Lipinski definition) is 6. The average molecular weight is 310 g/mol. The van der Waals surface area contributed by atoms with Crippen molar-refractivity contribution < 1.29 is 49.9 Å². The Kier molecular flexibility index (Phi) is 14.2. The highest BCUT2D eigenvalue weighted by Crippen LogP contribution is 2.00. The van der Waals surface area contributed by atoms with Gasteiger partial charge in [0.05, 0.1) is 0 Å². The lowest BCUT2D eigenvalue weighted by atomic mass is 10.4. The first-order valence-electron chi connectivity index (χ1n) is 4.12. The van der Waals surface area contributed by atoms with E-state index < -0.39 is 23.9 Å². The number of carboxylic acid groups (broad SMARTS) is 4. The van der Waals surface area contributed by atoms with Crippen LogP contribution in [0.25, 0.3) is 0 Å². The summed E-state index contributed by atoms with van der Waals surface area (Å²) in [7, 11) is 0. The summed E-state index contributed by atoms with van der Waals surface area (Å²) in [6.45, 7) is 0. The molecule has 0 aliphatic heterocycles. The van der Waals surface area contributed by atoms with E-state index in [-0.39, 0.29) is 5.48 Å². The van der Waals surface area contributed by atoms with Crippen molar-refractivity contribution >= 4 is 41.5 Å². The summed E-state index contributed by atoms with van der Waals surface area (Å²) in [6.07, 6.45) is 0.844. The number of hydrogen-bond donors (Lipinski definition) is 4. The van der Waals surface area contributed by atoms with Gasteiger partial charge in [-0.2, -0.15) is 11.3 Å². The molecule has 0 spiro atoms. The molecule has 0 saturated carbocycles. The van der Waals surface area contributed by atoms with Crippen molar-refractivity contribution in [1.29, 1.82) is 0 Å². The van der Waals surface area contributed by atoms with Gasteiger partial charge in [-0.15, -0.1) is 0 Å². The Morgan fingerprint density at radius 1 is 0.900 bits per heavy atom. The molecule has 0 unspecified atom stereocenters. The van der Waals surface area contributed by atoms with Gasteiger partial charge in [0, 0.05) is 10.9 Å². The van der Waals surface area contributed by atoms with Crippen LogP contribution in [0.4, 0.5) is 0 Å². The fraction of sp³-hybridized carbons (Fsp3) is 0. The molecule has 20 heavy (non-hydrogen) atoms. The number of thiophene rings is 1. The van der Waals surface area contributed by atoms with E-state index >= 15 is 0 Å². The fourth-order valence-electron chi connectivity index (χ4n) is 0.342. The summed E-state index contributed by atoms with van der Waals surface area (Å²) in [5, 5.41) is 33.3. The van der Waals surface area contributed by atoms with Crippen molar-refractivity contribution in [3.63, 3.8) is 0 Å². The second-order valence-electron chi connectivity index (χ2n) is 2.40. The molecule has 1 heterocycles. The standard InChI is InChI=1S/C5H4OS.2C2H2O4.H2O/c6-3-5-1-2-7-4-5;2*3-1(4)2(5)6;/h1-4H;2*(H,3,4)(H,5,6);1H2. The van der Waals surface area contributed by atoms with Crippen LogP contribution in [-0.4, -0.2) is 56.1 Å². The smallest absolute Gasteiger partial charge is 0.414 e. The summed E-state index contributed by atoms with van der Waals surface area (Å²) < 4.78 is 0. The summed E-state index contributed by atoms with van der Waals surface area (Å²) in [5.41, 5.74) is 0.769. The van der Waals surface area contributed by atoms with Crippen LogP contribution >= 0.6 is 11.3 Å². The Labute approximate surface area is 114 Å². The van der Waals surface area contributed by atoms with Gasteiger partial charge in [-0.05, 0) is 11.4 Å². The molecule has 0 aromatic carbocycles. The minimum absolute atomic E-state index is 0. The minimum Gasteiger partial charge on any atom is -0.473 e. The van der Waals surface area contributed by atoms with E-state index in [0.29, 0.717) is 0 Å². The van der Waals surface area contributed by atoms with Gasteiger partial charge in [0.1, 0.15) is 0 Å². The van der Waals surface area contributed by atoms with Crippen LogP contribution < -0.4 is 0 Å². The zero-order valence-corrected chi connectivity index (χ0v) is 10.4. The lowest BCUT2D eigenvalue weighted by Gasteiger charge is -1.72. The first-order chi connectivity index (χ1) is 8.72. The van der Waals surface area contributed by atoms with E-state index in [2.05, 4.69) is 0 Å². The van der Waals surface area contributed by atoms with Gasteiger partial charge in [0.2, 0.25) is 0 Å². The Bertz CT molecular complexity index is 401. The van der Waals surface area contributed by atoms with E-state index in [0.717, 1.165) is 11.8 Å². The molecule has 0 aliphatic rings. The molecule has 11 heteroatoms. The Morgan fingerprint density at radius 2 is 1.25 bits per heavy atom. The van der Waals surface area contributed by atoms with E-state index in [4.69, 9.17) is 39.6 Å². The van der Waals surface area contributed by atoms with Crippen molar-refractivity contribution in [3.05, 3.63) is 22.4 Å². The van der Waals surface area contributed by atoms with Gasteiger partial charge in [0.15, 0.2) is 6.29 Å². The Balaban J connectivity index is -0.000000213. The van der Waals surface area contributed by atoms with Gasteiger partial charge in [-0.3, -0.25) is 4.79 Å². The molecule has 1 rings (SSSR count). The molecular formula is C9H10O10S. The topological polar surface area (TPSA) is 198 Å². The first kappa shape index (κ1) is 22.4. The average Bonchev–Trinajstić information content (AvgIpc) is 2.83. The van der Waals surface area contributed by atoms with E-state index in [1.807, 2.05) is 10.8 Å². The normalized spacial score (nSPS) is 7.40. The number of aliphatic carboxylic acids is 4. The molecule has 0 amide bonds. The van der Waals surface area contributed by atoms with E-state index in [9.17, 15) is 4.79 Å². The van der Waals surface area contributed by atoms with Crippen molar-refractivity contribution in [3.8, 4) is 0 Å². The summed E-state index contributed by atoms with van der Waals surface area (Å²) in [4.78, 5) is 46.3. The van der Waals surface area contributed by atoms with Crippen LogP contribution in [0.2, 0.25) is 0 Å². The zero-order valence-electron chi connectivity index (χ0n) is 9.55. The molecular weight excluding hydrogens is 300 g/mol. The SMILES string of the molecule is O.O=C(O)C(=O)O.O=C(O)C(=O)O.O=Cc1ccsc1. The molecule has 0 radical (unpaired) electrons. The van der Waals surface area contributed by atoms with Crippen LogP contribution in [0.3, 0.4) is 0 Å². The van der Waals surface area contributed by atoms with Gasteiger partial charge in [0.25, 0.3) is 0 Å². The third-order valence-electron chi connectivity index (χ3n) is 1.05. The molecule has 0 fully saturated rings. The van der Waals surface area contributed by atoms with Crippen molar-refractivity contribution in [2.24, 2.45) is 0 Å². The Morgan fingerprint density at radius 3 is 1.35 bits per heavy atom. The van der Waals surface area contributed by atoms with Crippen molar-refractivity contribution in [1.82, 2.24) is 0 Å². The molecule has 0 atom stereocenters. The quantitative estimate of drug-likeness (QED) is 0.372. The third kappa shape index (κ3) is 15.2. The molecule has 112 valence electrons. The fourth-order valence-corrected chi connectivity index (χ4v) is 0.948. The molecule has 0 aliphatic carbocycles. The predicted octanol–water partition coefficient (Wildman–Crippen LogP) is -0.953. The highest BCUT2D eigenvalue weighted by Gasteiger charge is 2.04. The van der Waals surface area contributed by atoms with E-state index in [1.54, 1.807) is 6.07 Å². The lowest BCUT2D eigenvalue weighted by molar-refractivity contribution is -0.159. The second kappa shape index (κ2) is 12.7. The van der Waals surface area contributed by atoms with Gasteiger partial charge >= 0.3 is 23.9 Å². The monoisotopic (exact) mass is 310 g/mol. The van der Waals surface area contributed by atoms with Crippen LogP contribution in [0.15, 0.2) is 16.8 Å². The molecule has 1 aromatic heterocycles. The molecule has 1 aromatic rings. The zero-order chi connectivity index (χ0) is 15.4. The highest BCUT2D eigenvalue weighted by molar-refractivity contribution is 7.08. The largest absolute Gasteiger partial charge is 0.473 e. The lowest BCUT2D eigenvalue weighted by Crippen LogP contribution is -2.09. The van der Waals surface area contributed by atoms with Crippen LogP contribution in [0, 0.1) is 0 Å².